The molecule has 24 heavy (non-hydrogen) atoms. The van der Waals surface area contributed by atoms with Gasteiger partial charge in [-0.15, -0.1) is 0 Å². The van der Waals surface area contributed by atoms with Crippen molar-refractivity contribution < 1.29 is 18.7 Å². The summed E-state index contributed by atoms with van der Waals surface area (Å²) in [6.07, 6.45) is 1.23. The summed E-state index contributed by atoms with van der Waals surface area (Å²) in [6, 6.07) is 10.7. The van der Waals surface area contributed by atoms with Crippen LogP contribution in [0.25, 0.3) is 0 Å². The summed E-state index contributed by atoms with van der Waals surface area (Å²) in [6.45, 7) is 0.415. The van der Waals surface area contributed by atoms with Gasteiger partial charge in [-0.05, 0) is 30.7 Å². The Bertz CT molecular complexity index is 794. The second-order valence-electron chi connectivity index (χ2n) is 5.48. The molecular weight excluding hydrogens is 333 g/mol. The number of hydrogen-bond acceptors (Lipinski definition) is 3. The van der Waals surface area contributed by atoms with E-state index in [2.05, 4.69) is 0 Å². The Kier molecular flexibility index (Phi) is 4.81. The Morgan fingerprint density at radius 3 is 2.75 bits per heavy atom. The van der Waals surface area contributed by atoms with Gasteiger partial charge in [0.05, 0.1) is 16.3 Å². The lowest BCUT2D eigenvalue weighted by molar-refractivity contribution is -0.117. The van der Waals surface area contributed by atoms with Crippen LogP contribution in [0.5, 0.6) is 0 Å². The van der Waals surface area contributed by atoms with Crippen molar-refractivity contribution >= 4 is 29.2 Å². The van der Waals surface area contributed by atoms with E-state index in [1.54, 1.807) is 29.2 Å². The minimum absolute atomic E-state index is 0.0197. The summed E-state index contributed by atoms with van der Waals surface area (Å²) in [7, 11) is 0. The predicted octanol–water partition coefficient (Wildman–Crippen LogP) is 3.96. The van der Waals surface area contributed by atoms with Crippen LogP contribution >= 0.6 is 11.6 Å². The largest absolute Gasteiger partial charge is 0.457 e. The van der Waals surface area contributed by atoms with Gasteiger partial charge in [0.2, 0.25) is 5.91 Å². The quantitative estimate of drug-likeness (QED) is 0.786. The van der Waals surface area contributed by atoms with Crippen molar-refractivity contribution in [3.63, 3.8) is 0 Å². The Balaban J connectivity index is 1.75. The van der Waals surface area contributed by atoms with Gasteiger partial charge in [-0.2, -0.15) is 0 Å². The predicted molar refractivity (Wildman–Crippen MR) is 88.6 cm³/mol. The van der Waals surface area contributed by atoms with Gasteiger partial charge >= 0.3 is 5.97 Å². The molecule has 0 bridgehead atoms. The molecule has 0 unspecified atom stereocenters. The number of benzene rings is 2. The van der Waals surface area contributed by atoms with Gasteiger partial charge < -0.3 is 9.64 Å². The van der Waals surface area contributed by atoms with Crippen LogP contribution in [0.2, 0.25) is 5.02 Å². The molecule has 1 heterocycles. The fourth-order valence-corrected chi connectivity index (χ4v) is 2.81. The molecule has 1 fully saturated rings. The number of anilines is 1. The van der Waals surface area contributed by atoms with Gasteiger partial charge in [0.1, 0.15) is 12.4 Å². The van der Waals surface area contributed by atoms with Crippen LogP contribution in [0.4, 0.5) is 10.1 Å². The van der Waals surface area contributed by atoms with Crippen molar-refractivity contribution in [3.05, 3.63) is 64.4 Å². The lowest BCUT2D eigenvalue weighted by atomic mass is 10.2. The normalized spacial score (nSPS) is 14.1. The van der Waals surface area contributed by atoms with E-state index in [-0.39, 0.29) is 18.1 Å². The van der Waals surface area contributed by atoms with Crippen LogP contribution in [0.3, 0.4) is 0 Å². The van der Waals surface area contributed by atoms with Gasteiger partial charge in [-0.25, -0.2) is 9.18 Å². The summed E-state index contributed by atoms with van der Waals surface area (Å²) in [4.78, 5) is 25.6. The van der Waals surface area contributed by atoms with Crippen LogP contribution in [-0.2, 0) is 16.1 Å². The summed E-state index contributed by atoms with van der Waals surface area (Å²) in [5.41, 5.74) is 1.07. The standard InChI is InChI=1S/C18H15ClFNO3/c19-14-8-7-12(10-16(14)21-9-3-6-17(21)22)18(23)24-11-13-4-1-2-5-15(13)20/h1-2,4-5,7-8,10H,3,6,9,11H2. The molecule has 1 aliphatic rings. The lowest BCUT2D eigenvalue weighted by Crippen LogP contribution is -2.24. The SMILES string of the molecule is O=C(OCc1ccccc1F)c1ccc(Cl)c(N2CCCC2=O)c1. The highest BCUT2D eigenvalue weighted by Crippen LogP contribution is 2.30. The minimum Gasteiger partial charge on any atom is -0.457 e. The van der Waals surface area contributed by atoms with E-state index < -0.39 is 11.8 Å². The zero-order valence-electron chi connectivity index (χ0n) is 12.8. The number of nitrogens with zero attached hydrogens (tertiary/aromatic N) is 1. The van der Waals surface area contributed by atoms with E-state index in [0.717, 1.165) is 6.42 Å². The van der Waals surface area contributed by atoms with Gasteiger partial charge in [0.25, 0.3) is 0 Å². The molecule has 0 N–H and O–H groups in total. The fraction of sp³-hybridized carbons (Fsp3) is 0.222. The molecule has 4 nitrogen and oxygen atoms in total. The Labute approximate surface area is 143 Å². The first-order chi connectivity index (χ1) is 11.6. The summed E-state index contributed by atoms with van der Waals surface area (Å²) in [5.74, 6) is -1.04. The first-order valence-corrected chi connectivity index (χ1v) is 7.94. The monoisotopic (exact) mass is 347 g/mol. The zero-order valence-corrected chi connectivity index (χ0v) is 13.6. The van der Waals surface area contributed by atoms with Crippen molar-refractivity contribution in [3.8, 4) is 0 Å². The number of amides is 1. The molecule has 6 heteroatoms. The summed E-state index contributed by atoms with van der Waals surface area (Å²) >= 11 is 6.14. The van der Waals surface area contributed by atoms with E-state index in [1.807, 2.05) is 0 Å². The van der Waals surface area contributed by atoms with Crippen molar-refractivity contribution in [1.82, 2.24) is 0 Å². The van der Waals surface area contributed by atoms with E-state index in [4.69, 9.17) is 16.3 Å². The third kappa shape index (κ3) is 3.41. The average Bonchev–Trinajstić information content (AvgIpc) is 3.00. The molecular formula is C18H15ClFNO3. The maximum absolute atomic E-state index is 13.6. The number of esters is 1. The molecule has 1 saturated heterocycles. The second-order valence-corrected chi connectivity index (χ2v) is 5.89. The summed E-state index contributed by atoms with van der Waals surface area (Å²) < 4.78 is 18.7. The third-order valence-corrected chi connectivity index (χ3v) is 4.18. The number of carbonyl (C=O) groups excluding carboxylic acids is 2. The van der Waals surface area contributed by atoms with Crippen molar-refractivity contribution in [2.45, 2.75) is 19.4 Å². The maximum atomic E-state index is 13.6. The number of ether oxygens (including phenoxy) is 1. The number of rotatable bonds is 4. The average molecular weight is 348 g/mol. The first-order valence-electron chi connectivity index (χ1n) is 7.56. The van der Waals surface area contributed by atoms with Gasteiger partial charge in [-0.3, -0.25) is 4.79 Å². The highest BCUT2D eigenvalue weighted by atomic mass is 35.5. The smallest absolute Gasteiger partial charge is 0.338 e. The molecule has 124 valence electrons. The molecule has 0 aliphatic carbocycles. The Morgan fingerprint density at radius 1 is 1.25 bits per heavy atom. The van der Waals surface area contributed by atoms with E-state index in [9.17, 15) is 14.0 Å². The van der Waals surface area contributed by atoms with Crippen LogP contribution in [0, 0.1) is 5.82 Å². The van der Waals surface area contributed by atoms with Crippen molar-refractivity contribution in [1.29, 1.82) is 0 Å². The fourth-order valence-electron chi connectivity index (χ4n) is 2.59. The van der Waals surface area contributed by atoms with Gasteiger partial charge in [-0.1, -0.05) is 29.8 Å². The number of halogens is 2. The molecule has 0 aromatic heterocycles. The molecule has 2 aromatic carbocycles. The van der Waals surface area contributed by atoms with Crippen LogP contribution < -0.4 is 4.90 Å². The first kappa shape index (κ1) is 16.5. The zero-order chi connectivity index (χ0) is 17.1. The second kappa shape index (κ2) is 7.01. The van der Waals surface area contributed by atoms with Gasteiger partial charge in [0, 0.05) is 18.5 Å². The van der Waals surface area contributed by atoms with Crippen LogP contribution in [0.15, 0.2) is 42.5 Å². The minimum atomic E-state index is -0.595. The van der Waals surface area contributed by atoms with E-state index >= 15 is 0 Å². The van der Waals surface area contributed by atoms with Crippen molar-refractivity contribution in [2.75, 3.05) is 11.4 Å². The molecule has 3 rings (SSSR count). The number of hydrogen-bond donors (Lipinski definition) is 0. The van der Waals surface area contributed by atoms with E-state index in [0.29, 0.717) is 29.2 Å². The Morgan fingerprint density at radius 2 is 2.04 bits per heavy atom. The molecule has 1 amide bonds. The van der Waals surface area contributed by atoms with E-state index in [1.165, 1.54) is 18.2 Å². The topological polar surface area (TPSA) is 46.6 Å². The van der Waals surface area contributed by atoms with Crippen LogP contribution in [-0.4, -0.2) is 18.4 Å². The Hall–Kier alpha value is -2.40. The third-order valence-electron chi connectivity index (χ3n) is 3.86. The molecule has 0 saturated carbocycles. The maximum Gasteiger partial charge on any atom is 0.338 e. The van der Waals surface area contributed by atoms with Gasteiger partial charge in [0.15, 0.2) is 0 Å². The highest BCUT2D eigenvalue weighted by molar-refractivity contribution is 6.34. The van der Waals surface area contributed by atoms with Crippen molar-refractivity contribution in [2.24, 2.45) is 0 Å². The molecule has 0 spiro atoms. The number of carbonyl (C=O) groups is 2. The molecule has 2 aromatic rings. The molecule has 0 atom stereocenters. The molecule has 1 aliphatic heterocycles. The molecule has 0 radical (unpaired) electrons. The lowest BCUT2D eigenvalue weighted by Gasteiger charge is -2.18. The highest BCUT2D eigenvalue weighted by Gasteiger charge is 2.24. The van der Waals surface area contributed by atoms with Crippen LogP contribution in [0.1, 0.15) is 28.8 Å². The summed E-state index contributed by atoms with van der Waals surface area (Å²) in [5, 5.41) is 0.399.